The summed E-state index contributed by atoms with van der Waals surface area (Å²) < 4.78 is 4.74. The molecule has 18 heavy (non-hydrogen) atoms. The predicted molar refractivity (Wildman–Crippen MR) is 70.1 cm³/mol. The number of hydrogen-bond acceptors (Lipinski definition) is 3. The fraction of sp³-hybridized carbons (Fsp3) is 0.857. The van der Waals surface area contributed by atoms with E-state index in [0.29, 0.717) is 13.0 Å². The van der Waals surface area contributed by atoms with Crippen LogP contribution in [0.15, 0.2) is 0 Å². The van der Waals surface area contributed by atoms with Crippen LogP contribution in [0.3, 0.4) is 0 Å². The van der Waals surface area contributed by atoms with Crippen LogP contribution in [0.4, 0.5) is 0 Å². The van der Waals surface area contributed by atoms with Gasteiger partial charge in [-0.05, 0) is 19.3 Å². The van der Waals surface area contributed by atoms with Gasteiger partial charge >= 0.3 is 5.97 Å². The molecule has 1 heterocycles. The number of nitrogens with zero attached hydrogens (tertiary/aromatic N) is 1. The Balaban J connectivity index is 2.29. The molecule has 1 saturated heterocycles. The van der Waals surface area contributed by atoms with Gasteiger partial charge in [0.25, 0.3) is 0 Å². The van der Waals surface area contributed by atoms with E-state index < -0.39 is 0 Å². The number of ether oxygens (including phenoxy) is 1. The summed E-state index contributed by atoms with van der Waals surface area (Å²) >= 11 is 0. The van der Waals surface area contributed by atoms with E-state index in [1.54, 1.807) is 4.90 Å². The Morgan fingerprint density at radius 1 is 1.22 bits per heavy atom. The monoisotopic (exact) mass is 255 g/mol. The van der Waals surface area contributed by atoms with Crippen LogP contribution in [0, 0.1) is 0 Å². The number of carbonyl (C=O) groups is 2. The minimum absolute atomic E-state index is 0.111. The SMILES string of the molecule is CCCCCCCC(=O)N1CCC[C@H]1C(=O)OC. The summed E-state index contributed by atoms with van der Waals surface area (Å²) in [6.45, 7) is 2.88. The lowest BCUT2D eigenvalue weighted by atomic mass is 10.1. The van der Waals surface area contributed by atoms with Gasteiger partial charge in [-0.1, -0.05) is 32.6 Å². The molecule has 0 aliphatic carbocycles. The van der Waals surface area contributed by atoms with E-state index >= 15 is 0 Å². The molecule has 0 aromatic heterocycles. The van der Waals surface area contributed by atoms with E-state index in [9.17, 15) is 9.59 Å². The second kappa shape index (κ2) is 8.11. The van der Waals surface area contributed by atoms with Crippen molar-refractivity contribution in [2.24, 2.45) is 0 Å². The highest BCUT2D eigenvalue weighted by atomic mass is 16.5. The van der Waals surface area contributed by atoms with Crippen LogP contribution in [0.2, 0.25) is 0 Å². The van der Waals surface area contributed by atoms with Crippen LogP contribution >= 0.6 is 0 Å². The quantitative estimate of drug-likeness (QED) is 0.518. The third-order valence-corrected chi connectivity index (χ3v) is 3.54. The van der Waals surface area contributed by atoms with Gasteiger partial charge in [-0.25, -0.2) is 4.79 Å². The van der Waals surface area contributed by atoms with Crippen molar-refractivity contribution in [2.75, 3.05) is 13.7 Å². The largest absolute Gasteiger partial charge is 0.467 e. The van der Waals surface area contributed by atoms with Gasteiger partial charge in [0.15, 0.2) is 0 Å². The lowest BCUT2D eigenvalue weighted by Crippen LogP contribution is -2.40. The molecule has 1 atom stereocenters. The third kappa shape index (κ3) is 4.31. The molecule has 1 aliphatic rings. The molecule has 104 valence electrons. The Morgan fingerprint density at radius 2 is 1.94 bits per heavy atom. The average Bonchev–Trinajstić information content (AvgIpc) is 2.86. The molecule has 0 N–H and O–H groups in total. The van der Waals surface area contributed by atoms with Crippen molar-refractivity contribution in [1.29, 1.82) is 0 Å². The molecule has 0 bridgehead atoms. The maximum Gasteiger partial charge on any atom is 0.328 e. The van der Waals surface area contributed by atoms with Crippen molar-refractivity contribution >= 4 is 11.9 Å². The number of carbonyl (C=O) groups excluding carboxylic acids is 2. The van der Waals surface area contributed by atoms with Gasteiger partial charge in [0.2, 0.25) is 5.91 Å². The highest BCUT2D eigenvalue weighted by Gasteiger charge is 2.34. The Labute approximate surface area is 110 Å². The Morgan fingerprint density at radius 3 is 2.61 bits per heavy atom. The molecule has 0 aromatic carbocycles. The van der Waals surface area contributed by atoms with Crippen molar-refractivity contribution in [3.63, 3.8) is 0 Å². The van der Waals surface area contributed by atoms with Crippen LogP contribution in [0.1, 0.15) is 58.3 Å². The Kier molecular flexibility index (Phi) is 6.76. The van der Waals surface area contributed by atoms with Gasteiger partial charge in [-0.3, -0.25) is 4.79 Å². The highest BCUT2D eigenvalue weighted by molar-refractivity contribution is 5.85. The summed E-state index contributed by atoms with van der Waals surface area (Å²) in [7, 11) is 1.38. The van der Waals surface area contributed by atoms with Crippen molar-refractivity contribution < 1.29 is 14.3 Å². The molecular weight excluding hydrogens is 230 g/mol. The first-order valence-electron chi connectivity index (χ1n) is 7.08. The topological polar surface area (TPSA) is 46.6 Å². The smallest absolute Gasteiger partial charge is 0.328 e. The second-order valence-electron chi connectivity index (χ2n) is 4.93. The fourth-order valence-electron chi connectivity index (χ4n) is 2.47. The second-order valence-corrected chi connectivity index (χ2v) is 4.93. The highest BCUT2D eigenvalue weighted by Crippen LogP contribution is 2.20. The molecule has 1 fully saturated rings. The molecule has 0 aromatic rings. The van der Waals surface area contributed by atoms with Gasteiger partial charge in [0.05, 0.1) is 7.11 Å². The molecule has 1 aliphatic heterocycles. The maximum absolute atomic E-state index is 12.0. The van der Waals surface area contributed by atoms with Gasteiger partial charge in [-0.15, -0.1) is 0 Å². The standard InChI is InChI=1S/C14H25NO3/c1-3-4-5-6-7-10-13(16)15-11-8-9-12(15)14(17)18-2/h12H,3-11H2,1-2H3/t12-/m0/s1. The minimum Gasteiger partial charge on any atom is -0.467 e. The number of unbranched alkanes of at least 4 members (excludes halogenated alkanes) is 4. The van der Waals surface area contributed by atoms with E-state index in [4.69, 9.17) is 4.74 Å². The normalized spacial score (nSPS) is 19.0. The average molecular weight is 255 g/mol. The lowest BCUT2D eigenvalue weighted by Gasteiger charge is -2.22. The minimum atomic E-state index is -0.335. The van der Waals surface area contributed by atoms with Crippen molar-refractivity contribution in [3.05, 3.63) is 0 Å². The molecule has 1 rings (SSSR count). The van der Waals surface area contributed by atoms with E-state index in [1.165, 1.54) is 26.4 Å². The zero-order chi connectivity index (χ0) is 13.4. The van der Waals surface area contributed by atoms with Gasteiger partial charge < -0.3 is 9.64 Å². The summed E-state index contributed by atoms with van der Waals surface area (Å²) in [5.74, 6) is -0.161. The molecule has 1 amide bonds. The lowest BCUT2D eigenvalue weighted by molar-refractivity contribution is -0.151. The molecular formula is C14H25NO3. The molecule has 0 radical (unpaired) electrons. The van der Waals surface area contributed by atoms with Crippen LogP contribution in [0.5, 0.6) is 0 Å². The number of likely N-dealkylation sites (tertiary alicyclic amines) is 1. The van der Waals surface area contributed by atoms with Crippen molar-refractivity contribution in [2.45, 2.75) is 64.3 Å². The van der Waals surface area contributed by atoms with E-state index in [2.05, 4.69) is 6.92 Å². The maximum atomic E-state index is 12.0. The van der Waals surface area contributed by atoms with Crippen LogP contribution in [0.25, 0.3) is 0 Å². The Bertz CT molecular complexity index is 278. The number of rotatable bonds is 7. The van der Waals surface area contributed by atoms with Gasteiger partial charge in [-0.2, -0.15) is 0 Å². The molecule has 4 nitrogen and oxygen atoms in total. The van der Waals surface area contributed by atoms with E-state index in [1.807, 2.05) is 0 Å². The summed E-state index contributed by atoms with van der Waals surface area (Å²) in [4.78, 5) is 25.3. The Hall–Kier alpha value is -1.06. The van der Waals surface area contributed by atoms with Gasteiger partial charge in [0, 0.05) is 13.0 Å². The first kappa shape index (κ1) is 15.0. The van der Waals surface area contributed by atoms with E-state index in [-0.39, 0.29) is 17.9 Å². The third-order valence-electron chi connectivity index (χ3n) is 3.54. The molecule has 4 heteroatoms. The van der Waals surface area contributed by atoms with Crippen LogP contribution < -0.4 is 0 Å². The first-order chi connectivity index (χ1) is 8.70. The zero-order valence-electron chi connectivity index (χ0n) is 11.6. The molecule has 0 saturated carbocycles. The zero-order valence-corrected chi connectivity index (χ0v) is 11.6. The summed E-state index contributed by atoms with van der Waals surface area (Å²) in [5.41, 5.74) is 0. The van der Waals surface area contributed by atoms with Crippen LogP contribution in [-0.4, -0.2) is 36.5 Å². The first-order valence-corrected chi connectivity index (χ1v) is 7.08. The number of hydrogen-bond donors (Lipinski definition) is 0. The molecule has 0 spiro atoms. The number of methoxy groups -OCH3 is 1. The predicted octanol–water partition coefficient (Wildman–Crippen LogP) is 2.51. The fourth-order valence-corrected chi connectivity index (χ4v) is 2.47. The number of esters is 1. The number of amides is 1. The summed E-state index contributed by atoms with van der Waals surface area (Å²) in [6, 6.07) is -0.335. The van der Waals surface area contributed by atoms with E-state index in [0.717, 1.165) is 25.7 Å². The summed E-state index contributed by atoms with van der Waals surface area (Å²) in [6.07, 6.45) is 7.91. The van der Waals surface area contributed by atoms with Crippen molar-refractivity contribution in [3.8, 4) is 0 Å². The van der Waals surface area contributed by atoms with Gasteiger partial charge in [0.1, 0.15) is 6.04 Å². The van der Waals surface area contributed by atoms with Crippen molar-refractivity contribution in [1.82, 2.24) is 4.90 Å². The summed E-state index contributed by atoms with van der Waals surface area (Å²) in [5, 5.41) is 0. The van der Waals surface area contributed by atoms with Crippen LogP contribution in [-0.2, 0) is 14.3 Å². The molecule has 0 unspecified atom stereocenters.